The average molecular weight is 485 g/mol. The van der Waals surface area contributed by atoms with Crippen LogP contribution in [0.4, 0.5) is 0 Å². The van der Waals surface area contributed by atoms with Crippen LogP contribution in [0.2, 0.25) is 0 Å². The van der Waals surface area contributed by atoms with Crippen LogP contribution in [0.3, 0.4) is 0 Å². The molecule has 1 aliphatic rings. The van der Waals surface area contributed by atoms with Gasteiger partial charge in [0.05, 0.1) is 13.2 Å². The minimum atomic E-state index is -0.115. The molecule has 5 aromatic carbocycles. The van der Waals surface area contributed by atoms with Crippen LogP contribution in [0.25, 0.3) is 44.2 Å². The quantitative estimate of drug-likeness (QED) is 0.239. The maximum Gasteiger partial charge on any atom is 0.119 e. The molecular weight excluding hydrogens is 452 g/mol. The van der Waals surface area contributed by atoms with Crippen LogP contribution in [0, 0.1) is 0 Å². The minimum absolute atomic E-state index is 0.115. The lowest BCUT2D eigenvalue weighted by molar-refractivity contribution is 0.340. The third kappa shape index (κ3) is 3.88. The Kier molecular flexibility index (Phi) is 5.76. The molecule has 0 aliphatic heterocycles. The molecule has 0 fully saturated rings. The number of ether oxygens (including phenoxy) is 2. The fourth-order valence-electron chi connectivity index (χ4n) is 5.81. The van der Waals surface area contributed by atoms with Gasteiger partial charge in [-0.3, -0.25) is 0 Å². The van der Waals surface area contributed by atoms with Crippen molar-refractivity contribution >= 4 is 10.8 Å². The second kappa shape index (κ2) is 9.12. The summed E-state index contributed by atoms with van der Waals surface area (Å²) in [7, 11) is 0. The molecule has 5 aromatic rings. The van der Waals surface area contributed by atoms with Crippen molar-refractivity contribution in [3.05, 3.63) is 108 Å². The average Bonchev–Trinajstić information content (AvgIpc) is 3.15. The lowest BCUT2D eigenvalue weighted by Crippen LogP contribution is -2.15. The zero-order valence-electron chi connectivity index (χ0n) is 22.0. The maximum absolute atomic E-state index is 5.69. The van der Waals surface area contributed by atoms with Gasteiger partial charge in [0.15, 0.2) is 0 Å². The van der Waals surface area contributed by atoms with Crippen LogP contribution >= 0.6 is 0 Å². The van der Waals surface area contributed by atoms with Crippen LogP contribution in [0.5, 0.6) is 11.5 Å². The van der Waals surface area contributed by atoms with Gasteiger partial charge in [0.2, 0.25) is 0 Å². The number of fused-ring (bicyclic) bond motifs is 5. The van der Waals surface area contributed by atoms with Gasteiger partial charge in [-0.2, -0.15) is 0 Å². The second-order valence-corrected chi connectivity index (χ2v) is 10.2. The summed E-state index contributed by atoms with van der Waals surface area (Å²) in [6, 6.07) is 35.1. The molecule has 0 aromatic heterocycles. The van der Waals surface area contributed by atoms with Gasteiger partial charge in [-0.25, -0.2) is 0 Å². The van der Waals surface area contributed by atoms with Gasteiger partial charge < -0.3 is 9.47 Å². The van der Waals surface area contributed by atoms with Gasteiger partial charge >= 0.3 is 0 Å². The highest BCUT2D eigenvalue weighted by molar-refractivity contribution is 6.09. The molecule has 0 amide bonds. The molecule has 0 saturated carbocycles. The van der Waals surface area contributed by atoms with Gasteiger partial charge in [0, 0.05) is 5.41 Å². The van der Waals surface area contributed by atoms with E-state index in [1.54, 1.807) is 0 Å². The largest absolute Gasteiger partial charge is 0.494 e. The summed E-state index contributed by atoms with van der Waals surface area (Å²) in [5.41, 5.74) is 10.3. The van der Waals surface area contributed by atoms with Crippen molar-refractivity contribution in [3.8, 4) is 44.9 Å². The first-order valence-corrected chi connectivity index (χ1v) is 13.2. The Bertz CT molecular complexity index is 1590. The fraction of sp³-hybridized carbons (Fsp3) is 0.200. The second-order valence-electron chi connectivity index (χ2n) is 10.2. The van der Waals surface area contributed by atoms with Gasteiger partial charge in [0.1, 0.15) is 11.5 Å². The molecule has 2 heteroatoms. The molecule has 0 heterocycles. The van der Waals surface area contributed by atoms with Crippen LogP contribution < -0.4 is 9.47 Å². The van der Waals surface area contributed by atoms with E-state index in [1.165, 1.54) is 55.3 Å². The van der Waals surface area contributed by atoms with E-state index >= 15 is 0 Å². The molecule has 37 heavy (non-hydrogen) atoms. The topological polar surface area (TPSA) is 18.5 Å². The molecule has 6 rings (SSSR count). The summed E-state index contributed by atoms with van der Waals surface area (Å²) in [5, 5.41) is 2.59. The van der Waals surface area contributed by atoms with Gasteiger partial charge in [-0.05, 0) is 106 Å². The van der Waals surface area contributed by atoms with Gasteiger partial charge in [-0.1, -0.05) is 74.5 Å². The zero-order chi connectivity index (χ0) is 25.6. The highest BCUT2D eigenvalue weighted by Gasteiger charge is 2.37. The first-order chi connectivity index (χ1) is 18.0. The van der Waals surface area contributed by atoms with Crippen molar-refractivity contribution in [2.24, 2.45) is 0 Å². The number of hydrogen-bond acceptors (Lipinski definition) is 2. The zero-order valence-corrected chi connectivity index (χ0v) is 22.0. The van der Waals surface area contributed by atoms with E-state index in [4.69, 9.17) is 9.47 Å². The van der Waals surface area contributed by atoms with Crippen LogP contribution in [-0.2, 0) is 5.41 Å². The highest BCUT2D eigenvalue weighted by atomic mass is 16.5. The van der Waals surface area contributed by atoms with Crippen molar-refractivity contribution in [2.45, 2.75) is 33.1 Å². The molecule has 1 aliphatic carbocycles. The standard InChI is InChI=1S/C35H32O2/c1-5-36-26-16-11-23(12-17-26)25-15-20-30-32(21-25)35(3,4)33-22-31(24-13-18-27(19-14-24)37-6-2)28-9-7-8-10-29(28)34(30)33/h7-22H,5-6H2,1-4H3. The maximum atomic E-state index is 5.69. The summed E-state index contributed by atoms with van der Waals surface area (Å²) in [6.07, 6.45) is 0. The molecule has 184 valence electrons. The van der Waals surface area contributed by atoms with Crippen molar-refractivity contribution in [1.29, 1.82) is 0 Å². The molecule has 0 bridgehead atoms. The first kappa shape index (κ1) is 23.4. The van der Waals surface area contributed by atoms with Crippen LogP contribution in [-0.4, -0.2) is 13.2 Å². The third-order valence-corrected chi connectivity index (χ3v) is 7.66. The van der Waals surface area contributed by atoms with Crippen molar-refractivity contribution in [3.63, 3.8) is 0 Å². The number of rotatable bonds is 6. The Morgan fingerprint density at radius 1 is 0.541 bits per heavy atom. The summed E-state index contributed by atoms with van der Waals surface area (Å²) < 4.78 is 11.3. The Labute approximate surface area is 219 Å². The van der Waals surface area contributed by atoms with E-state index in [-0.39, 0.29) is 5.41 Å². The fourth-order valence-corrected chi connectivity index (χ4v) is 5.81. The van der Waals surface area contributed by atoms with E-state index < -0.39 is 0 Å². The van der Waals surface area contributed by atoms with Crippen molar-refractivity contribution in [1.82, 2.24) is 0 Å². The van der Waals surface area contributed by atoms with E-state index in [0.29, 0.717) is 13.2 Å². The summed E-state index contributed by atoms with van der Waals surface area (Å²) in [4.78, 5) is 0. The summed E-state index contributed by atoms with van der Waals surface area (Å²) in [5.74, 6) is 1.82. The van der Waals surface area contributed by atoms with Gasteiger partial charge in [0.25, 0.3) is 0 Å². The third-order valence-electron chi connectivity index (χ3n) is 7.66. The molecule has 0 unspecified atom stereocenters. The Morgan fingerprint density at radius 2 is 1.11 bits per heavy atom. The number of benzene rings is 5. The SMILES string of the molecule is CCOc1ccc(-c2ccc3c(c2)C(C)(C)c2cc(-c4ccc(OCC)cc4)c4ccccc4c2-3)cc1. The lowest BCUT2D eigenvalue weighted by atomic mass is 9.80. The predicted molar refractivity (Wildman–Crippen MR) is 155 cm³/mol. The monoisotopic (exact) mass is 484 g/mol. The normalized spacial score (nSPS) is 13.3. The predicted octanol–water partition coefficient (Wildman–Crippen LogP) is 9.28. The van der Waals surface area contributed by atoms with Crippen molar-refractivity contribution in [2.75, 3.05) is 13.2 Å². The lowest BCUT2D eigenvalue weighted by Gasteiger charge is -2.23. The van der Waals surface area contributed by atoms with E-state index in [2.05, 4.69) is 111 Å². The van der Waals surface area contributed by atoms with Gasteiger partial charge in [-0.15, -0.1) is 0 Å². The smallest absolute Gasteiger partial charge is 0.119 e. The molecule has 2 nitrogen and oxygen atoms in total. The summed E-state index contributed by atoms with van der Waals surface area (Å²) in [6.45, 7) is 10.1. The van der Waals surface area contributed by atoms with E-state index in [0.717, 1.165) is 11.5 Å². The Morgan fingerprint density at radius 3 is 1.73 bits per heavy atom. The van der Waals surface area contributed by atoms with Crippen molar-refractivity contribution < 1.29 is 9.47 Å². The van der Waals surface area contributed by atoms with Crippen LogP contribution in [0.1, 0.15) is 38.8 Å². The molecule has 0 atom stereocenters. The molecular formula is C35H32O2. The molecule has 0 radical (unpaired) electrons. The molecule has 0 saturated heterocycles. The minimum Gasteiger partial charge on any atom is -0.494 e. The van der Waals surface area contributed by atoms with E-state index in [9.17, 15) is 0 Å². The molecule has 0 spiro atoms. The Hall–Kier alpha value is -4.04. The number of hydrogen-bond donors (Lipinski definition) is 0. The molecule has 0 N–H and O–H groups in total. The van der Waals surface area contributed by atoms with E-state index in [1.807, 2.05) is 13.8 Å². The first-order valence-electron chi connectivity index (χ1n) is 13.2. The highest BCUT2D eigenvalue weighted by Crippen LogP contribution is 2.53. The van der Waals surface area contributed by atoms with Crippen LogP contribution in [0.15, 0.2) is 97.1 Å². The Balaban J connectivity index is 1.50. The summed E-state index contributed by atoms with van der Waals surface area (Å²) >= 11 is 0.